The molecule has 0 aromatic rings. The summed E-state index contributed by atoms with van der Waals surface area (Å²) in [5.41, 5.74) is 0. The van der Waals surface area contributed by atoms with Crippen molar-refractivity contribution in [2.45, 2.75) is 95.9 Å². The van der Waals surface area contributed by atoms with Crippen molar-refractivity contribution in [3.8, 4) is 0 Å². The lowest BCUT2D eigenvalue weighted by molar-refractivity contribution is -0.155. The van der Waals surface area contributed by atoms with Crippen molar-refractivity contribution in [3.63, 3.8) is 0 Å². The second-order valence-electron chi connectivity index (χ2n) is 7.02. The average molecular weight is 325 g/mol. The van der Waals surface area contributed by atoms with Crippen LogP contribution in [0.2, 0.25) is 0 Å². The maximum atomic E-state index is 12.0. The summed E-state index contributed by atoms with van der Waals surface area (Å²) in [7, 11) is 2.07. The zero-order chi connectivity index (χ0) is 16.8. The van der Waals surface area contributed by atoms with E-state index in [-0.39, 0.29) is 30.2 Å². The number of likely N-dealkylation sites (N-methyl/N-ethyl adjacent to an activating group) is 1. The zero-order valence-electron chi connectivity index (χ0n) is 14.8. The molecule has 2 bridgehead atoms. The molecule has 0 spiro atoms. The minimum absolute atomic E-state index is 0.0232. The zero-order valence-corrected chi connectivity index (χ0v) is 14.8. The molecule has 0 N–H and O–H groups in total. The van der Waals surface area contributed by atoms with Crippen LogP contribution in [-0.4, -0.2) is 48.2 Å². The number of esters is 2. The van der Waals surface area contributed by atoms with Gasteiger partial charge in [-0.05, 0) is 13.5 Å². The van der Waals surface area contributed by atoms with Crippen molar-refractivity contribution >= 4 is 11.9 Å². The lowest BCUT2D eigenvalue weighted by Gasteiger charge is -2.36. The van der Waals surface area contributed by atoms with E-state index in [1.54, 1.807) is 0 Å². The topological polar surface area (TPSA) is 55.8 Å². The summed E-state index contributed by atoms with van der Waals surface area (Å²) in [5, 5.41) is 0. The van der Waals surface area contributed by atoms with Gasteiger partial charge in [0.1, 0.15) is 12.2 Å². The molecule has 5 nitrogen and oxygen atoms in total. The molecule has 2 rings (SSSR count). The Morgan fingerprint density at radius 3 is 2.48 bits per heavy atom. The van der Waals surface area contributed by atoms with Crippen LogP contribution in [0.15, 0.2) is 0 Å². The highest BCUT2D eigenvalue weighted by Crippen LogP contribution is 2.37. The summed E-state index contributed by atoms with van der Waals surface area (Å²) in [6.07, 6.45) is 8.61. The number of unbranched alkanes of at least 4 members (excludes halogenated alkanes) is 4. The van der Waals surface area contributed by atoms with Crippen molar-refractivity contribution < 1.29 is 19.1 Å². The minimum atomic E-state index is -0.225. The molecule has 0 saturated carbocycles. The van der Waals surface area contributed by atoms with E-state index in [9.17, 15) is 9.59 Å². The molecule has 5 heteroatoms. The van der Waals surface area contributed by atoms with E-state index in [1.165, 1.54) is 26.2 Å². The number of nitrogens with zero attached hydrogens (tertiary/aromatic N) is 1. The number of hydrogen-bond donors (Lipinski definition) is 0. The molecular formula is C18H31NO4. The predicted octanol–water partition coefficient (Wildman–Crippen LogP) is 3.06. The van der Waals surface area contributed by atoms with Gasteiger partial charge >= 0.3 is 11.9 Å². The molecule has 0 aliphatic carbocycles. The Morgan fingerprint density at radius 1 is 1.04 bits per heavy atom. The fraction of sp³-hybridized carbons (Fsp3) is 0.889. The van der Waals surface area contributed by atoms with Gasteiger partial charge in [-0.15, -0.1) is 0 Å². The molecule has 2 aliphatic heterocycles. The van der Waals surface area contributed by atoms with E-state index in [0.717, 1.165) is 32.1 Å². The highest BCUT2D eigenvalue weighted by Gasteiger charge is 2.47. The van der Waals surface area contributed by atoms with Crippen molar-refractivity contribution in [2.24, 2.45) is 0 Å². The van der Waals surface area contributed by atoms with Crippen LogP contribution in [0, 0.1) is 0 Å². The second kappa shape index (κ2) is 8.67. The number of fused-ring (bicyclic) bond motifs is 2. The molecule has 4 atom stereocenters. The Kier molecular flexibility index (Phi) is 6.88. The van der Waals surface area contributed by atoms with Crippen LogP contribution in [0.3, 0.4) is 0 Å². The lowest BCUT2D eigenvalue weighted by atomic mass is 10.00. The number of rotatable bonds is 8. The summed E-state index contributed by atoms with van der Waals surface area (Å²) >= 11 is 0. The van der Waals surface area contributed by atoms with Crippen molar-refractivity contribution in [2.75, 3.05) is 7.05 Å². The van der Waals surface area contributed by atoms with Crippen LogP contribution in [0.4, 0.5) is 0 Å². The van der Waals surface area contributed by atoms with Gasteiger partial charge in [0.05, 0.1) is 6.04 Å². The molecule has 0 aromatic carbocycles. The average Bonchev–Trinajstić information content (AvgIpc) is 2.66. The van der Waals surface area contributed by atoms with Gasteiger partial charge in [-0.1, -0.05) is 32.6 Å². The Hall–Kier alpha value is -1.10. The summed E-state index contributed by atoms with van der Waals surface area (Å²) in [6, 6.07) is 0.528. The van der Waals surface area contributed by atoms with E-state index < -0.39 is 0 Å². The van der Waals surface area contributed by atoms with Gasteiger partial charge in [0.15, 0.2) is 0 Å². The highest BCUT2D eigenvalue weighted by molar-refractivity contribution is 5.69. The molecule has 0 unspecified atom stereocenters. The smallest absolute Gasteiger partial charge is 0.306 e. The number of ether oxygens (including phenoxy) is 2. The van der Waals surface area contributed by atoms with Crippen molar-refractivity contribution in [1.82, 2.24) is 4.90 Å². The fourth-order valence-corrected chi connectivity index (χ4v) is 3.93. The normalized spacial score (nSPS) is 30.2. The van der Waals surface area contributed by atoms with E-state index >= 15 is 0 Å². The van der Waals surface area contributed by atoms with Crippen LogP contribution in [0.5, 0.6) is 0 Å². The molecule has 2 aliphatic rings. The van der Waals surface area contributed by atoms with Crippen LogP contribution in [-0.2, 0) is 19.1 Å². The van der Waals surface area contributed by atoms with E-state index in [1.807, 2.05) is 0 Å². The third-order valence-corrected chi connectivity index (χ3v) is 5.17. The molecule has 23 heavy (non-hydrogen) atoms. The summed E-state index contributed by atoms with van der Waals surface area (Å²) in [5.74, 6) is -0.295. The van der Waals surface area contributed by atoms with Crippen LogP contribution in [0.1, 0.15) is 71.6 Å². The van der Waals surface area contributed by atoms with E-state index in [4.69, 9.17) is 9.47 Å². The van der Waals surface area contributed by atoms with Gasteiger partial charge in [-0.25, -0.2) is 0 Å². The predicted molar refractivity (Wildman–Crippen MR) is 88.0 cm³/mol. The van der Waals surface area contributed by atoms with Gasteiger partial charge in [-0.2, -0.15) is 0 Å². The Balaban J connectivity index is 1.73. The highest BCUT2D eigenvalue weighted by atomic mass is 16.6. The number of hydrogen-bond acceptors (Lipinski definition) is 5. The standard InChI is InChI=1S/C18H31NO4/c1-4-5-6-7-8-9-18(21)23-15-10-14-11-17(22-13(2)20)16(12-15)19(14)3/h14-17H,4-12H2,1-3H3/t14-,15-,16+,17-/m0/s1. The van der Waals surface area contributed by atoms with Gasteiger partial charge < -0.3 is 9.47 Å². The first-order chi connectivity index (χ1) is 11.0. The van der Waals surface area contributed by atoms with Crippen molar-refractivity contribution in [3.05, 3.63) is 0 Å². The maximum absolute atomic E-state index is 12.0. The second-order valence-corrected chi connectivity index (χ2v) is 7.02. The summed E-state index contributed by atoms with van der Waals surface area (Å²) in [4.78, 5) is 25.5. The van der Waals surface area contributed by atoms with Gasteiger partial charge in [-0.3, -0.25) is 14.5 Å². The molecule has 0 radical (unpaired) electrons. The quantitative estimate of drug-likeness (QED) is 0.507. The van der Waals surface area contributed by atoms with Crippen LogP contribution < -0.4 is 0 Å². The molecule has 2 saturated heterocycles. The Labute approximate surface area is 139 Å². The van der Waals surface area contributed by atoms with Gasteiger partial charge in [0.2, 0.25) is 0 Å². The first-order valence-corrected chi connectivity index (χ1v) is 9.09. The first-order valence-electron chi connectivity index (χ1n) is 9.09. The third kappa shape index (κ3) is 5.20. The van der Waals surface area contributed by atoms with Gasteiger partial charge in [0, 0.05) is 38.6 Å². The molecule has 132 valence electrons. The summed E-state index contributed by atoms with van der Waals surface area (Å²) in [6.45, 7) is 3.64. The Bertz CT molecular complexity index is 412. The fourth-order valence-electron chi connectivity index (χ4n) is 3.93. The third-order valence-electron chi connectivity index (χ3n) is 5.17. The van der Waals surface area contributed by atoms with Crippen LogP contribution in [0.25, 0.3) is 0 Å². The van der Waals surface area contributed by atoms with Gasteiger partial charge in [0.25, 0.3) is 0 Å². The minimum Gasteiger partial charge on any atom is -0.462 e. The SMILES string of the molecule is CCCCCCCC(=O)O[C@H]1C[C@H]2C[C@H](OC(C)=O)[C@@H](C1)N2C. The number of piperidine rings is 1. The number of carbonyl (C=O) groups excluding carboxylic acids is 2. The lowest BCUT2D eigenvalue weighted by Crippen LogP contribution is -2.46. The first kappa shape index (κ1) is 18.2. The number of carbonyl (C=O) groups is 2. The van der Waals surface area contributed by atoms with E-state index in [2.05, 4.69) is 18.9 Å². The van der Waals surface area contributed by atoms with Crippen LogP contribution >= 0.6 is 0 Å². The Morgan fingerprint density at radius 2 is 1.78 bits per heavy atom. The van der Waals surface area contributed by atoms with Crippen molar-refractivity contribution in [1.29, 1.82) is 0 Å². The van der Waals surface area contributed by atoms with E-state index in [0.29, 0.717) is 12.5 Å². The molecule has 2 fully saturated rings. The largest absolute Gasteiger partial charge is 0.462 e. The molecular weight excluding hydrogens is 294 g/mol. The molecule has 0 aromatic heterocycles. The molecule has 2 heterocycles. The monoisotopic (exact) mass is 325 g/mol. The maximum Gasteiger partial charge on any atom is 0.306 e. The molecule has 0 amide bonds. The summed E-state index contributed by atoms with van der Waals surface area (Å²) < 4.78 is 11.1.